The molecule has 1 rings (SSSR count). The van der Waals surface area contributed by atoms with E-state index in [1.807, 2.05) is 6.92 Å². The number of hydrogen-bond acceptors (Lipinski definition) is 4. The molecular weight excluding hydrogens is 314 g/mol. The predicted octanol–water partition coefficient (Wildman–Crippen LogP) is 0.157. The van der Waals surface area contributed by atoms with Crippen LogP contribution in [0.15, 0.2) is 24.3 Å². The molecule has 0 radical (unpaired) electrons. The molecule has 21 heavy (non-hydrogen) atoms. The van der Waals surface area contributed by atoms with Crippen LogP contribution in [0.4, 0.5) is 5.69 Å². The molecule has 120 valence electrons. The van der Waals surface area contributed by atoms with E-state index in [0.717, 1.165) is 16.1 Å². The maximum Gasteiger partial charge on any atom is 0.278 e. The molecule has 0 atom stereocenters. The fraction of sp³-hybridized carbons (Fsp3) is 0.500. The topological polar surface area (TPSA) is 86.8 Å². The van der Waals surface area contributed by atoms with E-state index in [-0.39, 0.29) is 13.1 Å². The summed E-state index contributed by atoms with van der Waals surface area (Å²) < 4.78 is 51.4. The lowest BCUT2D eigenvalue weighted by atomic mass is 10.2. The SMILES string of the molecule is Cc1ccc(N(CCNS(=O)(=O)N(C)C)S(C)(=O)=O)cc1. The molecule has 0 saturated carbocycles. The molecule has 0 aliphatic heterocycles. The van der Waals surface area contributed by atoms with Crippen molar-refractivity contribution in [1.29, 1.82) is 0 Å². The largest absolute Gasteiger partial charge is 0.278 e. The van der Waals surface area contributed by atoms with Crippen LogP contribution in [0.5, 0.6) is 0 Å². The van der Waals surface area contributed by atoms with Crippen LogP contribution in [0.2, 0.25) is 0 Å². The van der Waals surface area contributed by atoms with Gasteiger partial charge in [0.1, 0.15) is 0 Å². The number of aryl methyl sites for hydroxylation is 1. The van der Waals surface area contributed by atoms with Crippen molar-refractivity contribution in [3.8, 4) is 0 Å². The zero-order chi connectivity index (χ0) is 16.3. The smallest absolute Gasteiger partial charge is 0.269 e. The zero-order valence-corrected chi connectivity index (χ0v) is 14.2. The quantitative estimate of drug-likeness (QED) is 0.769. The Kier molecular flexibility index (Phi) is 5.74. The average Bonchev–Trinajstić information content (AvgIpc) is 2.34. The van der Waals surface area contributed by atoms with Crippen molar-refractivity contribution < 1.29 is 16.8 Å². The molecule has 0 heterocycles. The first-order valence-corrected chi connectivity index (χ1v) is 9.54. The normalized spacial score (nSPS) is 12.6. The Labute approximate surface area is 126 Å². The molecule has 0 aliphatic carbocycles. The summed E-state index contributed by atoms with van der Waals surface area (Å²) in [6.45, 7) is 1.91. The lowest BCUT2D eigenvalue weighted by Crippen LogP contribution is -2.42. The third kappa shape index (κ3) is 5.27. The van der Waals surface area contributed by atoms with E-state index in [4.69, 9.17) is 0 Å². The van der Waals surface area contributed by atoms with Crippen LogP contribution in [0.3, 0.4) is 0 Å². The van der Waals surface area contributed by atoms with E-state index in [0.29, 0.717) is 5.69 Å². The Hall–Kier alpha value is -1.16. The minimum atomic E-state index is -3.57. The van der Waals surface area contributed by atoms with Crippen LogP contribution in [0.1, 0.15) is 5.56 Å². The first-order chi connectivity index (χ1) is 9.54. The number of anilines is 1. The average molecular weight is 335 g/mol. The Morgan fingerprint density at radius 1 is 1.05 bits per heavy atom. The maximum absolute atomic E-state index is 11.8. The molecule has 1 aromatic carbocycles. The number of hydrogen-bond donors (Lipinski definition) is 1. The van der Waals surface area contributed by atoms with E-state index in [2.05, 4.69) is 4.72 Å². The van der Waals surface area contributed by atoms with E-state index >= 15 is 0 Å². The van der Waals surface area contributed by atoms with Crippen molar-refractivity contribution in [2.75, 3.05) is 37.7 Å². The van der Waals surface area contributed by atoms with Crippen LogP contribution in [-0.4, -0.2) is 54.6 Å². The number of nitrogens with zero attached hydrogens (tertiary/aromatic N) is 2. The maximum atomic E-state index is 11.8. The number of sulfonamides is 1. The summed E-state index contributed by atoms with van der Waals surface area (Å²) in [6.07, 6.45) is 1.09. The van der Waals surface area contributed by atoms with Crippen LogP contribution in [-0.2, 0) is 20.2 Å². The fourth-order valence-electron chi connectivity index (χ4n) is 1.60. The van der Waals surface area contributed by atoms with E-state index in [1.54, 1.807) is 24.3 Å². The van der Waals surface area contributed by atoms with Gasteiger partial charge < -0.3 is 0 Å². The van der Waals surface area contributed by atoms with E-state index in [9.17, 15) is 16.8 Å². The van der Waals surface area contributed by atoms with Gasteiger partial charge in [0.15, 0.2) is 0 Å². The van der Waals surface area contributed by atoms with Gasteiger partial charge in [-0.3, -0.25) is 4.31 Å². The second kappa shape index (κ2) is 6.73. The molecule has 0 saturated heterocycles. The van der Waals surface area contributed by atoms with Gasteiger partial charge in [0.25, 0.3) is 10.2 Å². The van der Waals surface area contributed by atoms with Gasteiger partial charge in [-0.2, -0.15) is 12.7 Å². The Bertz CT molecular complexity index is 667. The number of benzene rings is 1. The summed E-state index contributed by atoms with van der Waals surface area (Å²) >= 11 is 0. The second-order valence-electron chi connectivity index (χ2n) is 4.85. The van der Waals surface area contributed by atoms with Crippen molar-refractivity contribution in [2.45, 2.75) is 6.92 Å². The summed E-state index contributed by atoms with van der Waals surface area (Å²) in [4.78, 5) is 0. The lowest BCUT2D eigenvalue weighted by Gasteiger charge is -2.23. The van der Waals surface area contributed by atoms with Gasteiger partial charge in [-0.25, -0.2) is 13.1 Å². The second-order valence-corrected chi connectivity index (χ2v) is 8.73. The van der Waals surface area contributed by atoms with Crippen LogP contribution >= 0.6 is 0 Å². The molecule has 0 aliphatic rings. The minimum absolute atomic E-state index is 0.0124. The Morgan fingerprint density at radius 3 is 2.00 bits per heavy atom. The van der Waals surface area contributed by atoms with Crippen LogP contribution in [0, 0.1) is 6.92 Å². The highest BCUT2D eigenvalue weighted by Gasteiger charge is 2.19. The number of rotatable bonds is 7. The Balaban J connectivity index is 2.85. The first-order valence-electron chi connectivity index (χ1n) is 6.25. The van der Waals surface area contributed by atoms with E-state index in [1.165, 1.54) is 18.4 Å². The molecule has 0 aromatic heterocycles. The summed E-state index contributed by atoms with van der Waals surface area (Å²) in [5, 5.41) is 0. The van der Waals surface area contributed by atoms with Gasteiger partial charge in [0.05, 0.1) is 11.9 Å². The van der Waals surface area contributed by atoms with E-state index < -0.39 is 20.2 Å². The number of nitrogens with one attached hydrogen (secondary N) is 1. The fourth-order valence-corrected chi connectivity index (χ4v) is 3.14. The minimum Gasteiger partial charge on any atom is -0.269 e. The highest BCUT2D eigenvalue weighted by atomic mass is 32.2. The van der Waals surface area contributed by atoms with Crippen molar-refractivity contribution in [3.05, 3.63) is 29.8 Å². The first kappa shape index (κ1) is 17.9. The Morgan fingerprint density at radius 2 is 1.57 bits per heavy atom. The molecule has 0 unspecified atom stereocenters. The summed E-state index contributed by atoms with van der Waals surface area (Å²) in [6, 6.07) is 6.99. The molecule has 1 aromatic rings. The van der Waals surface area contributed by atoms with Gasteiger partial charge >= 0.3 is 0 Å². The zero-order valence-electron chi connectivity index (χ0n) is 12.6. The van der Waals surface area contributed by atoms with Gasteiger partial charge in [-0.05, 0) is 19.1 Å². The van der Waals surface area contributed by atoms with Crippen molar-refractivity contribution in [3.63, 3.8) is 0 Å². The van der Waals surface area contributed by atoms with Crippen LogP contribution in [0.25, 0.3) is 0 Å². The summed E-state index contributed by atoms with van der Waals surface area (Å²) in [5.74, 6) is 0. The molecule has 0 spiro atoms. The molecule has 9 heteroatoms. The molecule has 7 nitrogen and oxygen atoms in total. The van der Waals surface area contributed by atoms with Crippen molar-refractivity contribution >= 4 is 25.9 Å². The van der Waals surface area contributed by atoms with Gasteiger partial charge in [0, 0.05) is 27.2 Å². The van der Waals surface area contributed by atoms with Gasteiger partial charge in [0.2, 0.25) is 10.0 Å². The van der Waals surface area contributed by atoms with Crippen LogP contribution < -0.4 is 9.03 Å². The summed E-state index contributed by atoms with van der Waals surface area (Å²) in [5.41, 5.74) is 1.52. The molecule has 0 fully saturated rings. The lowest BCUT2D eigenvalue weighted by molar-refractivity contribution is 0.506. The van der Waals surface area contributed by atoms with Gasteiger partial charge in [-0.1, -0.05) is 17.7 Å². The molecular formula is C12H21N3O4S2. The van der Waals surface area contributed by atoms with Crippen molar-refractivity contribution in [2.24, 2.45) is 0 Å². The highest BCUT2D eigenvalue weighted by Crippen LogP contribution is 2.17. The molecule has 0 amide bonds. The molecule has 0 bridgehead atoms. The standard InChI is InChI=1S/C12H21N3O4S2/c1-11-5-7-12(8-6-11)15(20(4,16)17)10-9-13-21(18,19)14(2)3/h5-8,13H,9-10H2,1-4H3. The van der Waals surface area contributed by atoms with Gasteiger partial charge in [-0.15, -0.1) is 0 Å². The highest BCUT2D eigenvalue weighted by molar-refractivity contribution is 7.92. The summed E-state index contributed by atoms with van der Waals surface area (Å²) in [7, 11) is -4.25. The monoisotopic (exact) mass is 335 g/mol. The third-order valence-corrected chi connectivity index (χ3v) is 5.53. The third-order valence-electron chi connectivity index (χ3n) is 2.80. The van der Waals surface area contributed by atoms with Crippen molar-refractivity contribution in [1.82, 2.24) is 9.03 Å². The molecule has 1 N–H and O–H groups in total. The predicted molar refractivity (Wildman–Crippen MR) is 84.0 cm³/mol.